The molecule has 0 N–H and O–H groups in total. The molecule has 4 rings (SSSR count). The fourth-order valence-electron chi connectivity index (χ4n) is 3.98. The van der Waals surface area contributed by atoms with Crippen molar-refractivity contribution in [1.82, 2.24) is 4.90 Å². The van der Waals surface area contributed by atoms with Gasteiger partial charge in [0, 0.05) is 35.2 Å². The fraction of sp³-hybridized carbons (Fsp3) is 0.348. The second kappa shape index (κ2) is 7.40. The van der Waals surface area contributed by atoms with Crippen LogP contribution in [0.1, 0.15) is 34.7 Å². The highest BCUT2D eigenvalue weighted by Crippen LogP contribution is 2.36. The molecule has 0 fully saturated rings. The Kier molecular flexibility index (Phi) is 4.94. The number of hydrogen-bond acceptors (Lipinski definition) is 4. The normalized spacial score (nSPS) is 14.1. The van der Waals surface area contributed by atoms with Gasteiger partial charge in [-0.15, -0.1) is 0 Å². The summed E-state index contributed by atoms with van der Waals surface area (Å²) in [6.07, 6.45) is 1.49. The van der Waals surface area contributed by atoms with Gasteiger partial charge < -0.3 is 9.15 Å². The first-order valence-electron chi connectivity index (χ1n) is 9.66. The van der Waals surface area contributed by atoms with Crippen LogP contribution in [0.2, 0.25) is 0 Å². The van der Waals surface area contributed by atoms with E-state index in [1.165, 1.54) is 12.1 Å². The van der Waals surface area contributed by atoms with Crippen molar-refractivity contribution < 1.29 is 13.5 Å². The minimum Gasteiger partial charge on any atom is -0.477 e. The third kappa shape index (κ3) is 3.31. The quantitative estimate of drug-likeness (QED) is 0.624. The highest BCUT2D eigenvalue weighted by atomic mass is 19.1. The third-order valence-electron chi connectivity index (χ3n) is 5.60. The van der Waals surface area contributed by atoms with Crippen molar-refractivity contribution in [2.24, 2.45) is 0 Å². The first kappa shape index (κ1) is 18.7. The van der Waals surface area contributed by atoms with E-state index in [0.717, 1.165) is 58.5 Å². The van der Waals surface area contributed by atoms with E-state index in [0.29, 0.717) is 18.7 Å². The predicted molar refractivity (Wildman–Crippen MR) is 107 cm³/mol. The van der Waals surface area contributed by atoms with Crippen molar-refractivity contribution in [1.29, 1.82) is 0 Å². The Hall–Kier alpha value is -2.66. The average Bonchev–Trinajstić information content (AvgIpc) is 2.69. The van der Waals surface area contributed by atoms with Gasteiger partial charge in [-0.2, -0.15) is 0 Å². The lowest BCUT2D eigenvalue weighted by Gasteiger charge is -2.30. The summed E-state index contributed by atoms with van der Waals surface area (Å²) in [4.78, 5) is 14.5. The molecule has 0 radical (unpaired) electrons. The number of aryl methyl sites for hydroxylation is 2. The zero-order valence-electron chi connectivity index (χ0n) is 16.5. The molecule has 0 spiro atoms. The number of nitrogens with zero attached hydrogens (tertiary/aromatic N) is 1. The Bertz CT molecular complexity index is 1090. The zero-order valence-corrected chi connectivity index (χ0v) is 16.5. The summed E-state index contributed by atoms with van der Waals surface area (Å²) in [7, 11) is 0. The molecule has 0 saturated carbocycles. The molecule has 0 unspecified atom stereocenters. The first-order valence-corrected chi connectivity index (χ1v) is 9.66. The van der Waals surface area contributed by atoms with Gasteiger partial charge in [0.25, 0.3) is 0 Å². The first-order chi connectivity index (χ1) is 13.5. The van der Waals surface area contributed by atoms with Crippen molar-refractivity contribution >= 4 is 11.0 Å². The minimum absolute atomic E-state index is 0.213. The van der Waals surface area contributed by atoms with Gasteiger partial charge in [0.2, 0.25) is 0 Å². The second-order valence-electron chi connectivity index (χ2n) is 7.42. The van der Waals surface area contributed by atoms with E-state index < -0.39 is 0 Å². The summed E-state index contributed by atoms with van der Waals surface area (Å²) in [5.41, 5.74) is 5.18. The van der Waals surface area contributed by atoms with E-state index >= 15 is 0 Å². The van der Waals surface area contributed by atoms with Crippen LogP contribution in [0.15, 0.2) is 39.5 Å². The summed E-state index contributed by atoms with van der Waals surface area (Å²) in [5, 5.41) is 0.983. The monoisotopic (exact) mass is 381 g/mol. The van der Waals surface area contributed by atoms with Crippen molar-refractivity contribution in [2.75, 3.05) is 13.3 Å². The van der Waals surface area contributed by atoms with Crippen molar-refractivity contribution in [3.8, 4) is 5.75 Å². The Morgan fingerprint density at radius 1 is 1.14 bits per heavy atom. The van der Waals surface area contributed by atoms with Crippen LogP contribution in [0.5, 0.6) is 5.75 Å². The molecule has 0 bridgehead atoms. The van der Waals surface area contributed by atoms with Gasteiger partial charge in [0.1, 0.15) is 23.9 Å². The topological polar surface area (TPSA) is 42.7 Å². The molecular formula is C23H24FNO3. The van der Waals surface area contributed by atoms with Crippen LogP contribution >= 0.6 is 0 Å². The number of fused-ring (bicyclic) bond motifs is 2. The van der Waals surface area contributed by atoms with Crippen LogP contribution in [-0.4, -0.2) is 18.2 Å². The van der Waals surface area contributed by atoms with Gasteiger partial charge in [-0.25, -0.2) is 9.18 Å². The maximum atomic E-state index is 13.1. The molecule has 28 heavy (non-hydrogen) atoms. The Balaban J connectivity index is 1.62. The maximum Gasteiger partial charge on any atom is 0.339 e. The van der Waals surface area contributed by atoms with Crippen LogP contribution < -0.4 is 10.4 Å². The molecule has 2 aromatic carbocycles. The number of halogens is 1. The van der Waals surface area contributed by atoms with E-state index in [2.05, 4.69) is 11.0 Å². The fourth-order valence-corrected chi connectivity index (χ4v) is 3.98. The van der Waals surface area contributed by atoms with Gasteiger partial charge in [-0.3, -0.25) is 4.90 Å². The molecular weight excluding hydrogens is 357 g/mol. The molecule has 0 amide bonds. The van der Waals surface area contributed by atoms with Gasteiger partial charge >= 0.3 is 5.63 Å². The van der Waals surface area contributed by atoms with Crippen molar-refractivity contribution in [3.05, 3.63) is 74.4 Å². The van der Waals surface area contributed by atoms with E-state index in [1.54, 1.807) is 0 Å². The molecule has 0 aliphatic carbocycles. The van der Waals surface area contributed by atoms with Crippen LogP contribution in [0.4, 0.5) is 4.39 Å². The molecule has 4 nitrogen and oxygen atoms in total. The highest BCUT2D eigenvalue weighted by Gasteiger charge is 2.23. The SMILES string of the molecule is CCc1c(C)c2cc3c(c(C)c2oc1=O)OCN(CCc1ccc(F)cc1)C3. The lowest BCUT2D eigenvalue weighted by molar-refractivity contribution is 0.0959. The molecule has 3 aromatic rings. The van der Waals surface area contributed by atoms with Crippen LogP contribution in [0.3, 0.4) is 0 Å². The summed E-state index contributed by atoms with van der Waals surface area (Å²) >= 11 is 0. The van der Waals surface area contributed by atoms with Crippen LogP contribution in [0, 0.1) is 19.7 Å². The molecule has 0 atom stereocenters. The molecule has 1 aliphatic rings. The van der Waals surface area contributed by atoms with Crippen molar-refractivity contribution in [2.45, 2.75) is 40.2 Å². The summed E-state index contributed by atoms with van der Waals surface area (Å²) in [5.74, 6) is 0.604. The number of ether oxygens (including phenoxy) is 1. The Morgan fingerprint density at radius 3 is 2.61 bits per heavy atom. The summed E-state index contributed by atoms with van der Waals surface area (Å²) in [6.45, 7) is 7.98. The Labute approximate surface area is 163 Å². The largest absolute Gasteiger partial charge is 0.477 e. The van der Waals surface area contributed by atoms with Crippen molar-refractivity contribution in [3.63, 3.8) is 0 Å². The lowest BCUT2D eigenvalue weighted by atomic mass is 9.98. The number of hydrogen-bond donors (Lipinski definition) is 0. The smallest absolute Gasteiger partial charge is 0.339 e. The summed E-state index contributed by atoms with van der Waals surface area (Å²) < 4.78 is 24.7. The standard InChI is InChI=1S/C23H24FNO3/c1-4-19-14(2)20-11-17-12-25(10-9-16-5-7-18(24)8-6-16)13-27-21(17)15(3)22(20)28-23(19)26/h5-8,11H,4,9-10,12-13H2,1-3H3. The lowest BCUT2D eigenvalue weighted by Crippen LogP contribution is -2.34. The average molecular weight is 381 g/mol. The predicted octanol–water partition coefficient (Wildman–Crippen LogP) is 4.51. The van der Waals surface area contributed by atoms with Gasteiger partial charge in [-0.05, 0) is 56.0 Å². The van der Waals surface area contributed by atoms with Gasteiger partial charge in [-0.1, -0.05) is 19.1 Å². The zero-order chi connectivity index (χ0) is 19.8. The van der Waals surface area contributed by atoms with Gasteiger partial charge in [0.15, 0.2) is 0 Å². The Morgan fingerprint density at radius 2 is 1.89 bits per heavy atom. The van der Waals surface area contributed by atoms with E-state index in [4.69, 9.17) is 9.15 Å². The number of rotatable bonds is 4. The van der Waals surface area contributed by atoms with Crippen LogP contribution in [-0.2, 0) is 19.4 Å². The highest BCUT2D eigenvalue weighted by molar-refractivity contribution is 5.87. The molecule has 2 heterocycles. The molecule has 1 aliphatic heterocycles. The minimum atomic E-state index is -0.257. The number of benzene rings is 2. The van der Waals surface area contributed by atoms with E-state index in [9.17, 15) is 9.18 Å². The van der Waals surface area contributed by atoms with E-state index in [-0.39, 0.29) is 11.4 Å². The molecule has 1 aromatic heterocycles. The molecule has 146 valence electrons. The van der Waals surface area contributed by atoms with E-state index in [1.807, 2.05) is 32.9 Å². The third-order valence-corrected chi connectivity index (χ3v) is 5.60. The molecule has 0 saturated heterocycles. The second-order valence-corrected chi connectivity index (χ2v) is 7.42. The maximum absolute atomic E-state index is 13.1. The summed E-state index contributed by atoms with van der Waals surface area (Å²) in [6, 6.07) is 8.73. The molecule has 5 heteroatoms. The van der Waals surface area contributed by atoms with Gasteiger partial charge in [0.05, 0.1) is 0 Å². The van der Waals surface area contributed by atoms with Crippen LogP contribution in [0.25, 0.3) is 11.0 Å².